The minimum absolute atomic E-state index is 0.0417. The molecule has 94 valence electrons. The lowest BCUT2D eigenvalue weighted by atomic mass is 10.2. The molecule has 2 aromatic rings. The molecule has 6 heteroatoms. The van der Waals surface area contributed by atoms with E-state index in [0.29, 0.717) is 4.90 Å². The van der Waals surface area contributed by atoms with Gasteiger partial charge in [0, 0.05) is 15.9 Å². The maximum atomic E-state index is 10.8. The summed E-state index contributed by atoms with van der Waals surface area (Å²) in [5.41, 5.74) is -0.161. The summed E-state index contributed by atoms with van der Waals surface area (Å²) >= 11 is 1.32. The molecule has 0 aromatic heterocycles. The average Bonchev–Trinajstić information content (AvgIpc) is 2.41. The molecule has 0 fully saturated rings. The molecular formula is C13H8N2O3S. The highest BCUT2D eigenvalue weighted by molar-refractivity contribution is 7.99. The largest absolute Gasteiger partial charge is 0.508 e. The number of nitriles is 1. The topological polar surface area (TPSA) is 87.2 Å². The van der Waals surface area contributed by atoms with E-state index in [2.05, 4.69) is 0 Å². The van der Waals surface area contributed by atoms with Crippen molar-refractivity contribution < 1.29 is 10.0 Å². The number of rotatable bonds is 3. The quantitative estimate of drug-likeness (QED) is 0.684. The molecule has 5 nitrogen and oxygen atoms in total. The van der Waals surface area contributed by atoms with E-state index in [1.165, 1.54) is 23.9 Å². The maximum absolute atomic E-state index is 10.8. The smallest absolute Gasteiger partial charge is 0.288 e. The van der Waals surface area contributed by atoms with Crippen molar-refractivity contribution in [1.29, 1.82) is 5.26 Å². The van der Waals surface area contributed by atoms with Gasteiger partial charge in [-0.15, -0.1) is 0 Å². The van der Waals surface area contributed by atoms with Gasteiger partial charge in [-0.25, -0.2) is 0 Å². The number of benzene rings is 2. The average molecular weight is 272 g/mol. The summed E-state index contributed by atoms with van der Waals surface area (Å²) in [7, 11) is 0. The molecule has 0 saturated heterocycles. The summed E-state index contributed by atoms with van der Waals surface area (Å²) in [5.74, 6) is 0.162. The van der Waals surface area contributed by atoms with Gasteiger partial charge in [-0.1, -0.05) is 11.8 Å². The Morgan fingerprint density at radius 2 is 1.79 bits per heavy atom. The summed E-state index contributed by atoms with van der Waals surface area (Å²) in [6.07, 6.45) is 0. The highest BCUT2D eigenvalue weighted by Crippen LogP contribution is 2.32. The molecule has 0 aliphatic heterocycles. The maximum Gasteiger partial charge on any atom is 0.288 e. The van der Waals surface area contributed by atoms with Crippen LogP contribution in [0.4, 0.5) is 5.69 Å². The van der Waals surface area contributed by atoms with E-state index in [-0.39, 0.29) is 17.0 Å². The fraction of sp³-hybridized carbons (Fsp3) is 0. The number of phenols is 1. The Hall–Kier alpha value is -2.52. The van der Waals surface area contributed by atoms with Crippen molar-refractivity contribution in [2.24, 2.45) is 0 Å². The first-order valence-electron chi connectivity index (χ1n) is 5.25. The molecule has 2 rings (SSSR count). The first-order valence-corrected chi connectivity index (χ1v) is 6.07. The lowest BCUT2D eigenvalue weighted by Crippen LogP contribution is -1.92. The van der Waals surface area contributed by atoms with Gasteiger partial charge < -0.3 is 5.11 Å². The number of nitrogens with zero attached hydrogens (tertiary/aromatic N) is 2. The van der Waals surface area contributed by atoms with Gasteiger partial charge >= 0.3 is 0 Å². The van der Waals surface area contributed by atoms with Crippen molar-refractivity contribution in [3.8, 4) is 11.8 Å². The van der Waals surface area contributed by atoms with Crippen LogP contribution in [0.1, 0.15) is 5.56 Å². The fourth-order valence-corrected chi connectivity index (χ4v) is 2.32. The van der Waals surface area contributed by atoms with Crippen LogP contribution < -0.4 is 0 Å². The summed E-state index contributed by atoms with van der Waals surface area (Å²) in [5, 5.41) is 28.8. The Kier molecular flexibility index (Phi) is 3.68. The summed E-state index contributed by atoms with van der Waals surface area (Å²) in [6, 6.07) is 12.8. The van der Waals surface area contributed by atoms with Crippen molar-refractivity contribution in [2.45, 2.75) is 9.79 Å². The van der Waals surface area contributed by atoms with Crippen LogP contribution in [0.15, 0.2) is 52.3 Å². The molecule has 0 radical (unpaired) electrons. The molecule has 1 N–H and O–H groups in total. The molecule has 0 aliphatic rings. The zero-order valence-corrected chi connectivity index (χ0v) is 10.4. The van der Waals surface area contributed by atoms with Crippen molar-refractivity contribution >= 4 is 17.4 Å². The number of nitro groups is 1. The monoisotopic (exact) mass is 272 g/mol. The predicted molar refractivity (Wildman–Crippen MR) is 70.0 cm³/mol. The molecule has 0 saturated carbocycles. The van der Waals surface area contributed by atoms with Crippen LogP contribution in [-0.4, -0.2) is 10.0 Å². The van der Waals surface area contributed by atoms with Gasteiger partial charge in [0.05, 0.1) is 4.92 Å². The molecule has 0 bridgehead atoms. The second kappa shape index (κ2) is 5.42. The van der Waals surface area contributed by atoms with E-state index in [1.54, 1.807) is 36.4 Å². The van der Waals surface area contributed by atoms with Crippen molar-refractivity contribution in [3.05, 3.63) is 58.1 Å². The van der Waals surface area contributed by atoms with Crippen molar-refractivity contribution in [1.82, 2.24) is 0 Å². The minimum Gasteiger partial charge on any atom is -0.508 e. The van der Waals surface area contributed by atoms with Crippen LogP contribution in [0.2, 0.25) is 0 Å². The number of hydrogen-bond donors (Lipinski definition) is 1. The third-order valence-corrected chi connectivity index (χ3v) is 3.36. The normalized spacial score (nSPS) is 9.84. The highest BCUT2D eigenvalue weighted by Gasteiger charge is 2.14. The molecule has 2 aromatic carbocycles. The molecule has 0 atom stereocenters. The van der Waals surface area contributed by atoms with Gasteiger partial charge in [-0.2, -0.15) is 5.26 Å². The second-order valence-electron chi connectivity index (χ2n) is 3.64. The van der Waals surface area contributed by atoms with Gasteiger partial charge in [0.25, 0.3) is 5.69 Å². The first-order chi connectivity index (χ1) is 9.10. The molecule has 0 aliphatic carbocycles. The number of phenolic OH excluding ortho intramolecular Hbond substituents is 1. The third-order valence-electron chi connectivity index (χ3n) is 2.36. The van der Waals surface area contributed by atoms with Gasteiger partial charge in [0.15, 0.2) is 0 Å². The lowest BCUT2D eigenvalue weighted by Gasteiger charge is -2.02. The van der Waals surface area contributed by atoms with E-state index in [4.69, 9.17) is 5.26 Å². The first kappa shape index (κ1) is 12.9. The van der Waals surface area contributed by atoms with Crippen LogP contribution in [0.3, 0.4) is 0 Å². The van der Waals surface area contributed by atoms with Crippen LogP contribution >= 0.6 is 11.8 Å². The molecular weight excluding hydrogens is 264 g/mol. The van der Waals surface area contributed by atoms with E-state index < -0.39 is 4.92 Å². The van der Waals surface area contributed by atoms with Crippen LogP contribution in [0.5, 0.6) is 5.75 Å². The molecule has 0 amide bonds. The SMILES string of the molecule is N#Cc1ccc(Sc2ccc(O)cc2)cc1[N+](=O)[O-]. The van der Waals surface area contributed by atoms with Crippen LogP contribution in [-0.2, 0) is 0 Å². The number of aromatic hydroxyl groups is 1. The molecule has 0 spiro atoms. The van der Waals surface area contributed by atoms with Gasteiger partial charge in [-0.3, -0.25) is 10.1 Å². The zero-order valence-electron chi connectivity index (χ0n) is 9.61. The third kappa shape index (κ3) is 3.03. The lowest BCUT2D eigenvalue weighted by molar-refractivity contribution is -0.385. The zero-order chi connectivity index (χ0) is 13.8. The molecule has 0 unspecified atom stereocenters. The van der Waals surface area contributed by atoms with Crippen LogP contribution in [0.25, 0.3) is 0 Å². The minimum atomic E-state index is -0.570. The van der Waals surface area contributed by atoms with Crippen molar-refractivity contribution in [2.75, 3.05) is 0 Å². The van der Waals surface area contributed by atoms with Gasteiger partial charge in [0.1, 0.15) is 17.4 Å². The Balaban J connectivity index is 2.31. The van der Waals surface area contributed by atoms with Crippen molar-refractivity contribution in [3.63, 3.8) is 0 Å². The van der Waals surface area contributed by atoms with E-state index in [0.717, 1.165) is 4.90 Å². The Morgan fingerprint density at radius 3 is 2.37 bits per heavy atom. The Morgan fingerprint density at radius 1 is 1.16 bits per heavy atom. The standard InChI is InChI=1S/C13H8N2O3S/c14-8-9-1-4-12(7-13(9)15(17)18)19-11-5-2-10(16)3-6-11/h1-7,16H. The van der Waals surface area contributed by atoms with E-state index in [9.17, 15) is 15.2 Å². The second-order valence-corrected chi connectivity index (χ2v) is 4.79. The highest BCUT2D eigenvalue weighted by atomic mass is 32.2. The molecule has 0 heterocycles. The van der Waals surface area contributed by atoms with Gasteiger partial charge in [0.2, 0.25) is 0 Å². The fourth-order valence-electron chi connectivity index (χ4n) is 1.47. The predicted octanol–water partition coefficient (Wildman–Crippen LogP) is 3.32. The summed E-state index contributed by atoms with van der Waals surface area (Å²) < 4.78 is 0. The van der Waals surface area contributed by atoms with E-state index >= 15 is 0 Å². The summed E-state index contributed by atoms with van der Waals surface area (Å²) in [6.45, 7) is 0. The Labute approximate surface area is 113 Å². The van der Waals surface area contributed by atoms with Gasteiger partial charge in [-0.05, 0) is 36.4 Å². The van der Waals surface area contributed by atoms with E-state index in [1.807, 2.05) is 0 Å². The Bertz CT molecular complexity index is 663. The molecule has 19 heavy (non-hydrogen) atoms. The number of nitro benzene ring substituents is 1. The number of hydrogen-bond acceptors (Lipinski definition) is 5. The van der Waals surface area contributed by atoms with Crippen LogP contribution in [0, 0.1) is 21.4 Å². The summed E-state index contributed by atoms with van der Waals surface area (Å²) in [4.78, 5) is 11.8.